The summed E-state index contributed by atoms with van der Waals surface area (Å²) in [4.78, 5) is 12.0. The largest absolute Gasteiger partial charge is 0.352 e. The lowest BCUT2D eigenvalue weighted by molar-refractivity contribution is -0.128. The molecular weight excluding hydrogens is 312 g/mol. The van der Waals surface area contributed by atoms with E-state index in [9.17, 15) is 13.2 Å². The topological polar surface area (TPSA) is 66.5 Å². The first-order valence-corrected chi connectivity index (χ1v) is 8.86. The summed E-state index contributed by atoms with van der Waals surface area (Å²) in [6.45, 7) is 0.963. The molecule has 0 spiro atoms. The van der Waals surface area contributed by atoms with Crippen LogP contribution in [-0.2, 0) is 21.4 Å². The first kappa shape index (κ1) is 14.8. The van der Waals surface area contributed by atoms with E-state index in [1.165, 1.54) is 4.31 Å². The molecule has 0 radical (unpaired) electrons. The van der Waals surface area contributed by atoms with Gasteiger partial charge in [0.1, 0.15) is 0 Å². The van der Waals surface area contributed by atoms with Crippen LogP contribution in [0.25, 0.3) is 0 Å². The van der Waals surface area contributed by atoms with Gasteiger partial charge in [0.15, 0.2) is 0 Å². The molecule has 1 saturated heterocycles. The highest BCUT2D eigenvalue weighted by Crippen LogP contribution is 2.34. The number of halogens is 1. The second kappa shape index (κ2) is 5.59. The second-order valence-corrected chi connectivity index (χ2v) is 8.19. The molecule has 0 unspecified atom stereocenters. The predicted molar refractivity (Wildman–Crippen MR) is 80.3 cm³/mol. The molecule has 114 valence electrons. The van der Waals surface area contributed by atoms with Crippen LogP contribution in [0.2, 0.25) is 5.02 Å². The van der Waals surface area contributed by atoms with Crippen molar-refractivity contribution in [3.63, 3.8) is 0 Å². The van der Waals surface area contributed by atoms with E-state index in [1.807, 2.05) is 18.2 Å². The van der Waals surface area contributed by atoms with Crippen LogP contribution in [0.3, 0.4) is 0 Å². The van der Waals surface area contributed by atoms with Gasteiger partial charge in [-0.1, -0.05) is 29.8 Å². The highest BCUT2D eigenvalue weighted by Gasteiger charge is 2.46. The van der Waals surface area contributed by atoms with Crippen molar-refractivity contribution in [2.75, 3.05) is 13.1 Å². The van der Waals surface area contributed by atoms with E-state index in [2.05, 4.69) is 5.32 Å². The Bertz CT molecular complexity index is 652. The van der Waals surface area contributed by atoms with Gasteiger partial charge in [-0.05, 0) is 24.5 Å². The van der Waals surface area contributed by atoms with Crippen LogP contribution in [-0.4, -0.2) is 37.0 Å². The molecular formula is C14H17ClN2O3S. The quantitative estimate of drug-likeness (QED) is 0.888. The van der Waals surface area contributed by atoms with Crippen molar-refractivity contribution in [3.8, 4) is 0 Å². The smallest absolute Gasteiger partial charge is 0.226 e. The van der Waals surface area contributed by atoms with Gasteiger partial charge in [0.2, 0.25) is 15.9 Å². The number of amides is 1. The fourth-order valence-electron chi connectivity index (χ4n) is 2.36. The average molecular weight is 329 g/mol. The summed E-state index contributed by atoms with van der Waals surface area (Å²) in [5.74, 6) is -0.363. The molecule has 21 heavy (non-hydrogen) atoms. The molecule has 1 saturated carbocycles. The van der Waals surface area contributed by atoms with Gasteiger partial charge in [-0.2, -0.15) is 4.31 Å². The van der Waals surface area contributed by atoms with Gasteiger partial charge in [-0.25, -0.2) is 8.42 Å². The minimum Gasteiger partial charge on any atom is -0.352 e. The Morgan fingerprint density at radius 3 is 2.57 bits per heavy atom. The average Bonchev–Trinajstić information content (AvgIpc) is 3.20. The van der Waals surface area contributed by atoms with Crippen LogP contribution in [0, 0.1) is 5.92 Å². The molecule has 1 heterocycles. The minimum absolute atomic E-state index is 0.114. The maximum atomic E-state index is 12.0. The molecule has 7 heteroatoms. The molecule has 2 aliphatic rings. The molecule has 1 aromatic rings. The summed E-state index contributed by atoms with van der Waals surface area (Å²) >= 11 is 6.02. The molecule has 1 amide bonds. The Balaban J connectivity index is 1.49. The molecule has 0 aromatic heterocycles. The number of carbonyl (C=O) groups is 1. The molecule has 0 bridgehead atoms. The van der Waals surface area contributed by atoms with Gasteiger partial charge in [0.25, 0.3) is 0 Å². The zero-order valence-corrected chi connectivity index (χ0v) is 13.0. The summed E-state index contributed by atoms with van der Waals surface area (Å²) in [5, 5.41) is 3.22. The van der Waals surface area contributed by atoms with Gasteiger partial charge in [-0.15, -0.1) is 0 Å². The molecule has 0 atom stereocenters. The molecule has 1 aliphatic heterocycles. The number of nitrogens with one attached hydrogen (secondary N) is 1. The lowest BCUT2D eigenvalue weighted by Gasteiger charge is -2.37. The lowest BCUT2D eigenvalue weighted by Crippen LogP contribution is -2.56. The van der Waals surface area contributed by atoms with Gasteiger partial charge in [0, 0.05) is 24.7 Å². The standard InChI is InChI=1S/C14H17ClN2O3S/c15-13-4-2-1-3-10(13)7-16-14(18)11-8-17(9-11)21(19,20)12-5-6-12/h1-4,11-12H,5-9H2,(H,16,18). The van der Waals surface area contributed by atoms with Crippen molar-refractivity contribution in [2.45, 2.75) is 24.6 Å². The highest BCUT2D eigenvalue weighted by atomic mass is 35.5. The molecule has 3 rings (SSSR count). The fraction of sp³-hybridized carbons (Fsp3) is 0.500. The number of nitrogens with zero attached hydrogens (tertiary/aromatic N) is 1. The van der Waals surface area contributed by atoms with E-state index >= 15 is 0 Å². The van der Waals surface area contributed by atoms with Gasteiger partial charge in [-0.3, -0.25) is 4.79 Å². The van der Waals surface area contributed by atoms with Crippen LogP contribution in [0.4, 0.5) is 0 Å². The van der Waals surface area contributed by atoms with E-state index in [-0.39, 0.29) is 17.1 Å². The molecule has 2 fully saturated rings. The van der Waals surface area contributed by atoms with Gasteiger partial charge < -0.3 is 5.32 Å². The minimum atomic E-state index is -3.14. The Kier molecular flexibility index (Phi) is 3.94. The zero-order chi connectivity index (χ0) is 15.0. The van der Waals surface area contributed by atoms with Crippen LogP contribution < -0.4 is 5.32 Å². The van der Waals surface area contributed by atoms with Crippen molar-refractivity contribution in [3.05, 3.63) is 34.9 Å². The maximum absolute atomic E-state index is 12.0. The number of hydrogen-bond acceptors (Lipinski definition) is 3. The van der Waals surface area contributed by atoms with Crippen LogP contribution in [0.5, 0.6) is 0 Å². The lowest BCUT2D eigenvalue weighted by atomic mass is 10.0. The van der Waals surface area contributed by atoms with E-state index in [0.717, 1.165) is 18.4 Å². The number of sulfonamides is 1. The van der Waals surface area contributed by atoms with Crippen molar-refractivity contribution in [1.29, 1.82) is 0 Å². The van der Waals surface area contributed by atoms with Crippen molar-refractivity contribution >= 4 is 27.5 Å². The van der Waals surface area contributed by atoms with E-state index in [4.69, 9.17) is 11.6 Å². The monoisotopic (exact) mass is 328 g/mol. The molecule has 1 N–H and O–H groups in total. The Morgan fingerprint density at radius 1 is 1.29 bits per heavy atom. The second-order valence-electron chi connectivity index (χ2n) is 5.57. The van der Waals surface area contributed by atoms with E-state index < -0.39 is 10.0 Å². The third kappa shape index (κ3) is 3.07. The third-order valence-electron chi connectivity index (χ3n) is 3.94. The summed E-state index contributed by atoms with van der Waals surface area (Å²) in [6.07, 6.45) is 1.50. The van der Waals surface area contributed by atoms with E-state index in [1.54, 1.807) is 6.07 Å². The number of hydrogen-bond donors (Lipinski definition) is 1. The number of benzene rings is 1. The Labute approximate surface area is 129 Å². The van der Waals surface area contributed by atoms with Crippen molar-refractivity contribution in [2.24, 2.45) is 5.92 Å². The summed E-state index contributed by atoms with van der Waals surface area (Å²) < 4.78 is 25.3. The van der Waals surface area contributed by atoms with Crippen molar-refractivity contribution in [1.82, 2.24) is 9.62 Å². The summed E-state index contributed by atoms with van der Waals surface area (Å²) in [6, 6.07) is 7.32. The zero-order valence-electron chi connectivity index (χ0n) is 11.5. The SMILES string of the molecule is O=C(NCc1ccccc1Cl)C1CN(S(=O)(=O)C2CC2)C1. The van der Waals surface area contributed by atoms with Crippen LogP contribution in [0.15, 0.2) is 24.3 Å². The van der Waals surface area contributed by atoms with Gasteiger partial charge >= 0.3 is 0 Å². The fourth-order valence-corrected chi connectivity index (χ4v) is 4.49. The molecule has 1 aliphatic carbocycles. The van der Waals surface area contributed by atoms with Gasteiger partial charge in [0.05, 0.1) is 11.2 Å². The first-order valence-electron chi connectivity index (χ1n) is 6.98. The molecule has 1 aromatic carbocycles. The summed E-state index contributed by atoms with van der Waals surface area (Å²) in [7, 11) is -3.14. The van der Waals surface area contributed by atoms with Crippen LogP contribution in [0.1, 0.15) is 18.4 Å². The normalized spacial score (nSPS) is 20.0. The van der Waals surface area contributed by atoms with Crippen molar-refractivity contribution < 1.29 is 13.2 Å². The maximum Gasteiger partial charge on any atom is 0.226 e. The predicted octanol–water partition coefficient (Wildman–Crippen LogP) is 1.38. The third-order valence-corrected chi connectivity index (χ3v) is 6.64. The highest BCUT2D eigenvalue weighted by molar-refractivity contribution is 7.90. The summed E-state index contributed by atoms with van der Waals surface area (Å²) in [5.41, 5.74) is 0.856. The molecule has 5 nitrogen and oxygen atoms in total. The number of rotatable bonds is 5. The Morgan fingerprint density at radius 2 is 1.95 bits per heavy atom. The van der Waals surface area contributed by atoms with E-state index in [0.29, 0.717) is 24.7 Å². The van der Waals surface area contributed by atoms with Crippen LogP contribution >= 0.6 is 11.6 Å². The Hall–Kier alpha value is -1.11. The number of carbonyl (C=O) groups excluding carboxylic acids is 1. The first-order chi connectivity index (χ1) is 9.98.